The number of alkyl halides is 1. The maximum absolute atomic E-state index is 5.76. The van der Waals surface area contributed by atoms with Crippen LogP contribution < -0.4 is 0 Å². The molecule has 3 heteroatoms. The average Bonchev–Trinajstić information content (AvgIpc) is 2.59. The van der Waals surface area contributed by atoms with E-state index in [2.05, 4.69) is 25.0 Å². The van der Waals surface area contributed by atoms with E-state index in [-0.39, 0.29) is 0 Å². The van der Waals surface area contributed by atoms with Gasteiger partial charge in [-0.05, 0) is 23.6 Å². The summed E-state index contributed by atoms with van der Waals surface area (Å²) in [4.78, 5) is 4.53. The molecule has 0 N–H and O–H groups in total. The number of hydrogen-bond donors (Lipinski definition) is 0. The van der Waals surface area contributed by atoms with Crippen LogP contribution in [0.3, 0.4) is 0 Å². The van der Waals surface area contributed by atoms with Crippen molar-refractivity contribution in [2.45, 2.75) is 25.6 Å². The van der Waals surface area contributed by atoms with Crippen LogP contribution in [0, 0.1) is 0 Å². The van der Waals surface area contributed by atoms with Crippen LogP contribution >= 0.6 is 11.6 Å². The molecule has 2 heterocycles. The molecular weight excluding hydrogens is 196 g/mol. The summed E-state index contributed by atoms with van der Waals surface area (Å²) in [6, 6.07) is 4.05. The average molecular weight is 209 g/mol. The van der Waals surface area contributed by atoms with Gasteiger partial charge in [0.25, 0.3) is 0 Å². The van der Waals surface area contributed by atoms with E-state index in [9.17, 15) is 0 Å². The predicted molar refractivity (Wildman–Crippen MR) is 58.8 cm³/mol. The monoisotopic (exact) mass is 208 g/mol. The maximum atomic E-state index is 5.76. The van der Waals surface area contributed by atoms with Crippen LogP contribution in [0.4, 0.5) is 0 Å². The molecule has 2 aromatic heterocycles. The Kier molecular flexibility index (Phi) is 2.46. The highest BCUT2D eigenvalue weighted by molar-refractivity contribution is 6.17. The summed E-state index contributed by atoms with van der Waals surface area (Å²) in [6.07, 6.45) is 4.07. The number of imidazole rings is 1. The number of hydrogen-bond acceptors (Lipinski definition) is 1. The van der Waals surface area contributed by atoms with E-state index in [1.165, 1.54) is 0 Å². The van der Waals surface area contributed by atoms with Gasteiger partial charge in [-0.25, -0.2) is 4.98 Å². The predicted octanol–water partition coefficient (Wildman–Crippen LogP) is 3.20. The molecule has 0 spiro atoms. The lowest BCUT2D eigenvalue weighted by atomic mass is 10.2. The van der Waals surface area contributed by atoms with Gasteiger partial charge in [0.05, 0.1) is 5.69 Å². The molecule has 0 saturated carbocycles. The fraction of sp³-hybridized carbons (Fsp3) is 0.364. The lowest BCUT2D eigenvalue weighted by Crippen LogP contribution is -1.85. The van der Waals surface area contributed by atoms with E-state index < -0.39 is 0 Å². The van der Waals surface area contributed by atoms with Crippen molar-refractivity contribution in [1.29, 1.82) is 0 Å². The van der Waals surface area contributed by atoms with Gasteiger partial charge >= 0.3 is 0 Å². The molecule has 0 aliphatic carbocycles. The van der Waals surface area contributed by atoms with Gasteiger partial charge in [-0.3, -0.25) is 0 Å². The molecule has 0 amide bonds. The van der Waals surface area contributed by atoms with Crippen molar-refractivity contribution in [1.82, 2.24) is 9.38 Å². The van der Waals surface area contributed by atoms with Crippen LogP contribution in [-0.2, 0) is 5.88 Å². The molecule has 14 heavy (non-hydrogen) atoms. The number of pyridine rings is 1. The molecule has 0 atom stereocenters. The second-order valence-electron chi connectivity index (χ2n) is 3.75. The Morgan fingerprint density at radius 1 is 1.50 bits per heavy atom. The third-order valence-electron chi connectivity index (χ3n) is 2.29. The van der Waals surface area contributed by atoms with E-state index >= 15 is 0 Å². The molecule has 0 aliphatic heterocycles. The molecule has 0 aliphatic rings. The second-order valence-corrected chi connectivity index (χ2v) is 4.02. The van der Waals surface area contributed by atoms with Crippen LogP contribution in [0.1, 0.15) is 31.0 Å². The number of fused-ring (bicyclic) bond motifs is 1. The summed E-state index contributed by atoms with van der Waals surface area (Å²) < 4.78 is 2.03. The third kappa shape index (κ3) is 1.62. The molecular formula is C11H13ClN2. The van der Waals surface area contributed by atoms with Crippen molar-refractivity contribution in [3.8, 4) is 0 Å². The van der Waals surface area contributed by atoms with Crippen LogP contribution in [0.2, 0.25) is 0 Å². The van der Waals surface area contributed by atoms with Crippen molar-refractivity contribution >= 4 is 17.2 Å². The third-order valence-corrected chi connectivity index (χ3v) is 2.60. The number of aromatic nitrogens is 2. The largest absolute Gasteiger partial charge is 0.307 e. The highest BCUT2D eigenvalue weighted by atomic mass is 35.5. The van der Waals surface area contributed by atoms with Crippen molar-refractivity contribution in [2.75, 3.05) is 0 Å². The molecule has 2 rings (SSSR count). The van der Waals surface area contributed by atoms with E-state index in [0.717, 1.165) is 16.9 Å². The SMILES string of the molecule is CC(C)c1cn2ccc(CCl)cc2n1. The van der Waals surface area contributed by atoms with Crippen LogP contribution in [0.5, 0.6) is 0 Å². The molecule has 2 nitrogen and oxygen atoms in total. The molecule has 74 valence electrons. The summed E-state index contributed by atoms with van der Waals surface area (Å²) >= 11 is 5.76. The molecule has 0 unspecified atom stereocenters. The van der Waals surface area contributed by atoms with Crippen LogP contribution in [-0.4, -0.2) is 9.38 Å². The van der Waals surface area contributed by atoms with Gasteiger partial charge in [0.1, 0.15) is 5.65 Å². The molecule has 0 saturated heterocycles. The maximum Gasteiger partial charge on any atom is 0.137 e. The fourth-order valence-electron chi connectivity index (χ4n) is 1.40. The Labute approximate surface area is 88.5 Å². The zero-order valence-corrected chi connectivity index (χ0v) is 9.12. The summed E-state index contributed by atoms with van der Waals surface area (Å²) in [7, 11) is 0. The van der Waals surface area contributed by atoms with E-state index in [0.29, 0.717) is 11.8 Å². The van der Waals surface area contributed by atoms with Gasteiger partial charge < -0.3 is 4.40 Å². The normalized spacial score (nSPS) is 11.4. The molecule has 0 fully saturated rings. The first kappa shape index (κ1) is 9.53. The standard InChI is InChI=1S/C11H13ClN2/c1-8(2)10-7-14-4-3-9(6-12)5-11(14)13-10/h3-5,7-8H,6H2,1-2H3. The Morgan fingerprint density at radius 2 is 2.29 bits per heavy atom. The molecule has 0 aromatic carbocycles. The minimum Gasteiger partial charge on any atom is -0.307 e. The van der Waals surface area contributed by atoms with Gasteiger partial charge in [0.2, 0.25) is 0 Å². The highest BCUT2D eigenvalue weighted by Gasteiger charge is 2.05. The highest BCUT2D eigenvalue weighted by Crippen LogP contribution is 2.15. The first-order valence-corrected chi connectivity index (χ1v) is 5.27. The van der Waals surface area contributed by atoms with Crippen molar-refractivity contribution in [3.05, 3.63) is 35.8 Å². The Morgan fingerprint density at radius 3 is 2.93 bits per heavy atom. The van der Waals surface area contributed by atoms with Gasteiger partial charge in [0.15, 0.2) is 0 Å². The smallest absolute Gasteiger partial charge is 0.137 e. The zero-order chi connectivity index (χ0) is 10.1. The first-order chi connectivity index (χ1) is 6.70. The summed E-state index contributed by atoms with van der Waals surface area (Å²) in [5, 5.41) is 0. The van der Waals surface area contributed by atoms with E-state index in [1.807, 2.05) is 22.7 Å². The first-order valence-electron chi connectivity index (χ1n) is 4.74. The quantitative estimate of drug-likeness (QED) is 0.693. The molecule has 0 bridgehead atoms. The summed E-state index contributed by atoms with van der Waals surface area (Å²) in [6.45, 7) is 4.29. The van der Waals surface area contributed by atoms with Crippen molar-refractivity contribution in [2.24, 2.45) is 0 Å². The van der Waals surface area contributed by atoms with Gasteiger partial charge in [0, 0.05) is 18.3 Å². The minimum atomic E-state index is 0.467. The van der Waals surface area contributed by atoms with Crippen molar-refractivity contribution < 1.29 is 0 Å². The Bertz CT molecular complexity index is 445. The number of halogens is 1. The van der Waals surface area contributed by atoms with Gasteiger partial charge in [-0.15, -0.1) is 11.6 Å². The topological polar surface area (TPSA) is 17.3 Å². The van der Waals surface area contributed by atoms with Gasteiger partial charge in [-0.2, -0.15) is 0 Å². The molecule has 2 aromatic rings. The Balaban J connectivity index is 2.54. The van der Waals surface area contributed by atoms with E-state index in [1.54, 1.807) is 0 Å². The lowest BCUT2D eigenvalue weighted by molar-refractivity contribution is 0.834. The number of rotatable bonds is 2. The van der Waals surface area contributed by atoms with Crippen molar-refractivity contribution in [3.63, 3.8) is 0 Å². The second kappa shape index (κ2) is 3.62. The van der Waals surface area contributed by atoms with Crippen LogP contribution in [0.25, 0.3) is 5.65 Å². The molecule has 0 radical (unpaired) electrons. The zero-order valence-electron chi connectivity index (χ0n) is 8.37. The number of nitrogens with zero attached hydrogens (tertiary/aromatic N) is 2. The van der Waals surface area contributed by atoms with Gasteiger partial charge in [-0.1, -0.05) is 13.8 Å². The minimum absolute atomic E-state index is 0.467. The Hall–Kier alpha value is -1.02. The summed E-state index contributed by atoms with van der Waals surface area (Å²) in [5.41, 5.74) is 3.21. The summed E-state index contributed by atoms with van der Waals surface area (Å²) in [5.74, 6) is 1.01. The lowest BCUT2D eigenvalue weighted by Gasteiger charge is -1.95. The fourth-order valence-corrected chi connectivity index (χ4v) is 1.57. The van der Waals surface area contributed by atoms with E-state index in [4.69, 9.17) is 11.6 Å². The van der Waals surface area contributed by atoms with Crippen LogP contribution in [0.15, 0.2) is 24.5 Å².